The third kappa shape index (κ3) is 2.40. The average molecular weight is 286 g/mol. The van der Waals surface area contributed by atoms with E-state index in [4.69, 9.17) is 10.5 Å². The minimum atomic E-state index is -0.285. The van der Waals surface area contributed by atoms with Gasteiger partial charge in [0.05, 0.1) is 24.8 Å². The van der Waals surface area contributed by atoms with Crippen molar-refractivity contribution in [2.24, 2.45) is 11.7 Å². The number of halogens is 1. The number of carbonyl (C=O) groups excluding carboxylic acids is 1. The molecule has 0 radical (unpaired) electrons. The van der Waals surface area contributed by atoms with E-state index in [9.17, 15) is 4.79 Å². The summed E-state index contributed by atoms with van der Waals surface area (Å²) in [6, 6.07) is 3.30. The van der Waals surface area contributed by atoms with Crippen LogP contribution in [0.25, 0.3) is 0 Å². The van der Waals surface area contributed by atoms with E-state index in [0.29, 0.717) is 23.5 Å². The molecule has 1 saturated heterocycles. The zero-order valence-electron chi connectivity index (χ0n) is 8.52. The Morgan fingerprint density at radius 3 is 3.06 bits per heavy atom. The second kappa shape index (κ2) is 4.90. The van der Waals surface area contributed by atoms with Crippen LogP contribution in [0.15, 0.2) is 22.9 Å². The predicted molar refractivity (Wildman–Crippen MR) is 62.9 cm³/mol. The zero-order chi connectivity index (χ0) is 11.5. The summed E-state index contributed by atoms with van der Waals surface area (Å²) in [5.41, 5.74) is 6.40. The SMILES string of the molecule is NC1COCC1C(=O)Nc1cccnc1Br. The molecule has 1 fully saturated rings. The van der Waals surface area contributed by atoms with Gasteiger partial charge in [0.25, 0.3) is 0 Å². The standard InChI is InChI=1S/C10H12BrN3O2/c11-9-8(2-1-3-13-9)14-10(15)6-4-16-5-7(6)12/h1-3,6-7H,4-5,12H2,(H,14,15). The monoisotopic (exact) mass is 285 g/mol. The highest BCUT2D eigenvalue weighted by molar-refractivity contribution is 9.10. The lowest BCUT2D eigenvalue weighted by molar-refractivity contribution is -0.120. The van der Waals surface area contributed by atoms with Crippen molar-refractivity contribution in [3.63, 3.8) is 0 Å². The van der Waals surface area contributed by atoms with Gasteiger partial charge in [-0.1, -0.05) is 0 Å². The van der Waals surface area contributed by atoms with Crippen LogP contribution in [0, 0.1) is 5.92 Å². The molecular formula is C10H12BrN3O2. The van der Waals surface area contributed by atoms with Crippen molar-refractivity contribution in [2.75, 3.05) is 18.5 Å². The number of hydrogen-bond acceptors (Lipinski definition) is 4. The van der Waals surface area contributed by atoms with E-state index in [1.807, 2.05) is 0 Å². The Hall–Kier alpha value is -0.980. The van der Waals surface area contributed by atoms with Gasteiger partial charge in [0.2, 0.25) is 5.91 Å². The van der Waals surface area contributed by atoms with E-state index >= 15 is 0 Å². The number of nitrogens with zero attached hydrogens (tertiary/aromatic N) is 1. The number of hydrogen-bond donors (Lipinski definition) is 2. The fourth-order valence-corrected chi connectivity index (χ4v) is 1.90. The maximum Gasteiger partial charge on any atom is 0.231 e. The minimum absolute atomic E-state index is 0.126. The molecule has 1 aromatic rings. The number of nitrogens with one attached hydrogen (secondary N) is 1. The molecule has 6 heteroatoms. The van der Waals surface area contributed by atoms with E-state index in [0.717, 1.165) is 0 Å². The molecule has 2 rings (SSSR count). The van der Waals surface area contributed by atoms with Crippen LogP contribution in [0.4, 0.5) is 5.69 Å². The maximum absolute atomic E-state index is 11.9. The number of anilines is 1. The summed E-state index contributed by atoms with van der Waals surface area (Å²) in [7, 11) is 0. The summed E-state index contributed by atoms with van der Waals surface area (Å²) >= 11 is 3.26. The largest absolute Gasteiger partial charge is 0.379 e. The first-order chi connectivity index (χ1) is 7.68. The van der Waals surface area contributed by atoms with Crippen molar-refractivity contribution in [3.05, 3.63) is 22.9 Å². The molecule has 5 nitrogen and oxygen atoms in total. The van der Waals surface area contributed by atoms with Gasteiger partial charge < -0.3 is 15.8 Å². The summed E-state index contributed by atoms with van der Waals surface area (Å²) in [6.07, 6.45) is 1.64. The van der Waals surface area contributed by atoms with Crippen molar-refractivity contribution < 1.29 is 9.53 Å². The van der Waals surface area contributed by atoms with Crippen LogP contribution >= 0.6 is 15.9 Å². The molecular weight excluding hydrogens is 274 g/mol. The molecule has 2 unspecified atom stereocenters. The average Bonchev–Trinajstić information content (AvgIpc) is 2.68. The second-order valence-corrected chi connectivity index (χ2v) is 4.39. The second-order valence-electron chi connectivity index (χ2n) is 3.64. The van der Waals surface area contributed by atoms with E-state index in [1.54, 1.807) is 18.3 Å². The summed E-state index contributed by atoms with van der Waals surface area (Å²) < 4.78 is 5.75. The van der Waals surface area contributed by atoms with Crippen LogP contribution in [-0.4, -0.2) is 30.1 Å². The Morgan fingerprint density at radius 2 is 2.44 bits per heavy atom. The molecule has 86 valence electrons. The van der Waals surface area contributed by atoms with Crippen molar-refractivity contribution in [2.45, 2.75) is 6.04 Å². The summed E-state index contributed by atoms with van der Waals surface area (Å²) in [5, 5.41) is 2.77. The van der Waals surface area contributed by atoms with Gasteiger partial charge in [-0.05, 0) is 28.1 Å². The Bertz CT molecular complexity index is 399. The molecule has 0 aliphatic carbocycles. The normalized spacial score (nSPS) is 24.4. The quantitative estimate of drug-likeness (QED) is 0.787. The Labute approximate surface area is 102 Å². The Balaban J connectivity index is 2.05. The summed E-state index contributed by atoms with van der Waals surface area (Å²) in [4.78, 5) is 15.9. The number of ether oxygens (including phenoxy) is 1. The molecule has 16 heavy (non-hydrogen) atoms. The molecule has 2 atom stereocenters. The third-order valence-electron chi connectivity index (χ3n) is 2.48. The molecule has 3 N–H and O–H groups in total. The van der Waals surface area contributed by atoms with Crippen molar-refractivity contribution >= 4 is 27.5 Å². The van der Waals surface area contributed by atoms with Crippen molar-refractivity contribution in [1.82, 2.24) is 4.98 Å². The number of carbonyl (C=O) groups is 1. The highest BCUT2D eigenvalue weighted by atomic mass is 79.9. The molecule has 0 bridgehead atoms. The third-order valence-corrected chi connectivity index (χ3v) is 3.11. The Kier molecular flexibility index (Phi) is 3.52. The highest BCUT2D eigenvalue weighted by Gasteiger charge is 2.31. The van der Waals surface area contributed by atoms with Crippen LogP contribution in [0.5, 0.6) is 0 Å². The molecule has 0 aromatic carbocycles. The first kappa shape index (κ1) is 11.5. The molecule has 1 aliphatic rings. The van der Waals surface area contributed by atoms with Crippen molar-refractivity contribution in [1.29, 1.82) is 0 Å². The lowest BCUT2D eigenvalue weighted by atomic mass is 10.0. The number of rotatable bonds is 2. The lowest BCUT2D eigenvalue weighted by Crippen LogP contribution is -2.37. The van der Waals surface area contributed by atoms with Crippen LogP contribution in [0.2, 0.25) is 0 Å². The molecule has 0 saturated carbocycles. The van der Waals surface area contributed by atoms with Gasteiger partial charge in [0.15, 0.2) is 0 Å². The highest BCUT2D eigenvalue weighted by Crippen LogP contribution is 2.20. The number of nitrogens with two attached hydrogens (primary N) is 1. The maximum atomic E-state index is 11.9. The molecule has 2 heterocycles. The van der Waals surface area contributed by atoms with Crippen LogP contribution < -0.4 is 11.1 Å². The number of amides is 1. The fraction of sp³-hybridized carbons (Fsp3) is 0.400. The van der Waals surface area contributed by atoms with Crippen molar-refractivity contribution in [3.8, 4) is 0 Å². The van der Waals surface area contributed by atoms with Crippen LogP contribution in [0.1, 0.15) is 0 Å². The zero-order valence-corrected chi connectivity index (χ0v) is 10.1. The molecule has 1 aromatic heterocycles. The van der Waals surface area contributed by atoms with Crippen LogP contribution in [-0.2, 0) is 9.53 Å². The van der Waals surface area contributed by atoms with Gasteiger partial charge in [-0.25, -0.2) is 4.98 Å². The lowest BCUT2D eigenvalue weighted by Gasteiger charge is -2.13. The van der Waals surface area contributed by atoms with Crippen LogP contribution in [0.3, 0.4) is 0 Å². The van der Waals surface area contributed by atoms with Gasteiger partial charge in [-0.2, -0.15) is 0 Å². The van der Waals surface area contributed by atoms with E-state index in [2.05, 4.69) is 26.2 Å². The molecule has 1 amide bonds. The first-order valence-corrected chi connectivity index (χ1v) is 5.72. The molecule has 1 aliphatic heterocycles. The van der Waals surface area contributed by atoms with Gasteiger partial charge >= 0.3 is 0 Å². The fourth-order valence-electron chi connectivity index (χ4n) is 1.55. The van der Waals surface area contributed by atoms with Gasteiger partial charge in [0, 0.05) is 12.2 Å². The number of pyridine rings is 1. The van der Waals surface area contributed by atoms with Gasteiger partial charge in [-0.15, -0.1) is 0 Å². The van der Waals surface area contributed by atoms with Gasteiger partial charge in [0.1, 0.15) is 4.60 Å². The summed E-state index contributed by atoms with van der Waals surface area (Å²) in [5.74, 6) is -0.411. The minimum Gasteiger partial charge on any atom is -0.379 e. The Morgan fingerprint density at radius 1 is 1.62 bits per heavy atom. The first-order valence-electron chi connectivity index (χ1n) is 4.93. The van der Waals surface area contributed by atoms with Gasteiger partial charge in [-0.3, -0.25) is 4.79 Å². The van der Waals surface area contributed by atoms with E-state index in [-0.39, 0.29) is 17.9 Å². The number of aromatic nitrogens is 1. The van der Waals surface area contributed by atoms with E-state index < -0.39 is 0 Å². The summed E-state index contributed by atoms with van der Waals surface area (Å²) in [6.45, 7) is 0.817. The predicted octanol–water partition coefficient (Wildman–Crippen LogP) is 0.756. The topological polar surface area (TPSA) is 77.2 Å². The van der Waals surface area contributed by atoms with E-state index in [1.165, 1.54) is 0 Å². The smallest absolute Gasteiger partial charge is 0.231 e. The molecule has 0 spiro atoms.